The highest BCUT2D eigenvalue weighted by Gasteiger charge is 2.52. The van der Waals surface area contributed by atoms with Crippen LogP contribution < -0.4 is 4.90 Å². The molecule has 3 N–H and O–H groups in total. The van der Waals surface area contributed by atoms with Crippen LogP contribution in [-0.4, -0.2) is 86.5 Å². The average molecular weight is 632 g/mol. The lowest BCUT2D eigenvalue weighted by Gasteiger charge is -2.46. The maximum atomic E-state index is 14.5. The topological polar surface area (TPSA) is 154 Å². The lowest BCUT2D eigenvalue weighted by Crippen LogP contribution is -2.63. The van der Waals surface area contributed by atoms with Gasteiger partial charge in [-0.25, -0.2) is 13.5 Å². The van der Waals surface area contributed by atoms with Crippen LogP contribution in [0.4, 0.5) is 14.5 Å². The van der Waals surface area contributed by atoms with Gasteiger partial charge in [0.05, 0.1) is 36.6 Å². The third-order valence-electron chi connectivity index (χ3n) is 8.33. The number of aromatic nitrogens is 3. The number of amides is 1. The summed E-state index contributed by atoms with van der Waals surface area (Å²) in [4.78, 5) is 15.8. The van der Waals surface area contributed by atoms with E-state index in [1.165, 1.54) is 48.0 Å². The number of rotatable bonds is 7. The maximum absolute atomic E-state index is 14.5. The molecule has 234 valence electrons. The summed E-state index contributed by atoms with van der Waals surface area (Å²) in [5, 5.41) is 50.2. The molecule has 1 saturated carbocycles. The van der Waals surface area contributed by atoms with Crippen LogP contribution >= 0.6 is 11.6 Å². The lowest BCUT2D eigenvalue weighted by molar-refractivity contribution is -0.211. The number of nitriles is 1. The van der Waals surface area contributed by atoms with Crippen LogP contribution in [0.15, 0.2) is 36.5 Å². The fraction of sp³-hybridized carbons (Fsp3) is 0.467. The Bertz CT molecular complexity index is 1540. The number of nitrogens with zero attached hydrogens (tertiary/aromatic N) is 5. The predicted molar refractivity (Wildman–Crippen MR) is 154 cm³/mol. The van der Waals surface area contributed by atoms with Crippen molar-refractivity contribution in [2.24, 2.45) is 0 Å². The molecule has 3 aromatic rings. The number of carbonyl (C=O) groups is 1. The second kappa shape index (κ2) is 13.2. The summed E-state index contributed by atoms with van der Waals surface area (Å²) in [5.41, 5.74) is 0.504. The molecular weight excluding hydrogens is 600 g/mol. The summed E-state index contributed by atoms with van der Waals surface area (Å²) in [6.07, 6.45) is -2.49. The van der Waals surface area contributed by atoms with E-state index in [9.17, 15) is 34.2 Å². The molecule has 5 unspecified atom stereocenters. The number of hydrogen-bond donors (Lipinski definition) is 3. The second-order valence-electron chi connectivity index (χ2n) is 11.0. The van der Waals surface area contributed by atoms with Crippen LogP contribution in [-0.2, 0) is 14.3 Å². The molecule has 11 nitrogen and oxygen atoms in total. The van der Waals surface area contributed by atoms with Crippen molar-refractivity contribution in [1.29, 1.82) is 5.26 Å². The molecule has 2 heterocycles. The van der Waals surface area contributed by atoms with Gasteiger partial charge >= 0.3 is 0 Å². The molecule has 1 aliphatic heterocycles. The average Bonchev–Trinajstić information content (AvgIpc) is 3.50. The zero-order valence-electron chi connectivity index (χ0n) is 24.0. The predicted octanol–water partition coefficient (Wildman–Crippen LogP) is 3.07. The van der Waals surface area contributed by atoms with Crippen LogP contribution in [0.3, 0.4) is 0 Å². The first kappa shape index (κ1) is 31.9. The first-order chi connectivity index (χ1) is 21.1. The molecule has 1 saturated heterocycles. The van der Waals surface area contributed by atoms with Gasteiger partial charge in [0.2, 0.25) is 0 Å². The molecule has 14 heteroatoms. The van der Waals surface area contributed by atoms with E-state index in [2.05, 4.69) is 10.3 Å². The second-order valence-corrected chi connectivity index (χ2v) is 11.5. The van der Waals surface area contributed by atoms with Crippen LogP contribution in [0.2, 0.25) is 5.02 Å². The Labute approximate surface area is 257 Å². The van der Waals surface area contributed by atoms with E-state index < -0.39 is 66.8 Å². The molecular formula is C30H32ClF2N5O6. The van der Waals surface area contributed by atoms with Crippen LogP contribution in [0.1, 0.15) is 42.9 Å². The Morgan fingerprint density at radius 3 is 2.55 bits per heavy atom. The van der Waals surface area contributed by atoms with Gasteiger partial charge in [-0.05, 0) is 50.1 Å². The van der Waals surface area contributed by atoms with Gasteiger partial charge in [-0.15, -0.1) is 5.10 Å². The molecule has 1 aromatic heterocycles. The van der Waals surface area contributed by atoms with E-state index >= 15 is 0 Å². The third-order valence-corrected chi connectivity index (χ3v) is 8.55. The van der Waals surface area contributed by atoms with Crippen molar-refractivity contribution in [1.82, 2.24) is 15.0 Å². The summed E-state index contributed by atoms with van der Waals surface area (Å²) < 4.78 is 41.5. The number of hydrogen-bond acceptors (Lipinski definition) is 9. The number of carbonyl (C=O) groups excluding carboxylic acids is 1. The van der Waals surface area contributed by atoms with Crippen LogP contribution in [0.25, 0.3) is 11.3 Å². The Kier molecular flexibility index (Phi) is 9.59. The van der Waals surface area contributed by atoms with E-state index in [0.29, 0.717) is 12.8 Å². The number of halogens is 3. The summed E-state index contributed by atoms with van der Waals surface area (Å²) in [6, 6.07) is 6.84. The van der Waals surface area contributed by atoms with Crippen molar-refractivity contribution in [2.45, 2.75) is 75.2 Å². The van der Waals surface area contributed by atoms with Crippen molar-refractivity contribution in [2.75, 3.05) is 18.6 Å². The number of anilines is 1. The van der Waals surface area contributed by atoms with Gasteiger partial charge in [-0.2, -0.15) is 5.26 Å². The van der Waals surface area contributed by atoms with Gasteiger partial charge < -0.3 is 29.7 Å². The monoisotopic (exact) mass is 631 g/mol. The molecule has 7 atom stereocenters. The van der Waals surface area contributed by atoms with E-state index in [-0.39, 0.29) is 33.1 Å². The van der Waals surface area contributed by atoms with E-state index in [0.717, 1.165) is 25.0 Å². The number of benzene rings is 2. The molecule has 0 bridgehead atoms. The van der Waals surface area contributed by atoms with Gasteiger partial charge in [0.15, 0.2) is 6.10 Å². The summed E-state index contributed by atoms with van der Waals surface area (Å²) in [5.74, 6) is -2.20. The molecule has 1 amide bonds. The van der Waals surface area contributed by atoms with Crippen LogP contribution in [0.5, 0.6) is 0 Å². The Balaban J connectivity index is 1.56. The van der Waals surface area contributed by atoms with Crippen molar-refractivity contribution in [3.05, 3.63) is 64.3 Å². The maximum Gasteiger partial charge on any atom is 0.259 e. The Hall–Kier alpha value is -3.51. The summed E-state index contributed by atoms with van der Waals surface area (Å²) in [7, 11) is 1.31. The Morgan fingerprint density at radius 1 is 1.20 bits per heavy atom. The minimum absolute atomic E-state index is 0.0923. The zero-order valence-corrected chi connectivity index (χ0v) is 24.7. The molecule has 5 rings (SSSR count). The SMILES string of the molecule is COC1C(C(=O)N(c2cc(Cl)cc(C#N)c2)[C@H]2CCCC[C@@H]2O)OC(CO)C(O)C1n1cc(-c2cc(F)c(C)c(F)c2)nn1. The summed E-state index contributed by atoms with van der Waals surface area (Å²) >= 11 is 6.30. The first-order valence-corrected chi connectivity index (χ1v) is 14.5. The number of methoxy groups -OCH3 is 1. The van der Waals surface area contributed by atoms with Gasteiger partial charge in [0.25, 0.3) is 5.91 Å². The molecule has 2 aromatic carbocycles. The minimum atomic E-state index is -1.44. The third kappa shape index (κ3) is 6.06. The van der Waals surface area contributed by atoms with Gasteiger partial charge in [-0.3, -0.25) is 4.79 Å². The zero-order chi connectivity index (χ0) is 31.7. The van der Waals surface area contributed by atoms with Crippen molar-refractivity contribution in [3.63, 3.8) is 0 Å². The van der Waals surface area contributed by atoms with E-state index in [1.54, 1.807) is 0 Å². The lowest BCUT2D eigenvalue weighted by atomic mass is 9.88. The fourth-order valence-electron chi connectivity index (χ4n) is 6.00. The van der Waals surface area contributed by atoms with Crippen molar-refractivity contribution < 1.29 is 38.4 Å². The van der Waals surface area contributed by atoms with E-state index in [4.69, 9.17) is 21.1 Å². The van der Waals surface area contributed by atoms with Crippen molar-refractivity contribution >= 4 is 23.2 Å². The van der Waals surface area contributed by atoms with Crippen LogP contribution in [0, 0.1) is 29.9 Å². The largest absolute Gasteiger partial charge is 0.394 e. The van der Waals surface area contributed by atoms with Crippen molar-refractivity contribution in [3.8, 4) is 17.3 Å². The number of aliphatic hydroxyl groups excluding tert-OH is 3. The Morgan fingerprint density at radius 2 is 1.91 bits per heavy atom. The highest BCUT2D eigenvalue weighted by Crippen LogP contribution is 2.37. The van der Waals surface area contributed by atoms with Gasteiger partial charge in [0.1, 0.15) is 41.7 Å². The molecule has 2 fully saturated rings. The molecule has 1 aliphatic carbocycles. The number of ether oxygens (including phenoxy) is 2. The first-order valence-electron chi connectivity index (χ1n) is 14.1. The number of aliphatic hydroxyl groups is 3. The molecule has 0 spiro atoms. The van der Waals surface area contributed by atoms with Gasteiger partial charge in [0, 0.05) is 28.9 Å². The molecule has 2 aliphatic rings. The van der Waals surface area contributed by atoms with Gasteiger partial charge in [-0.1, -0.05) is 29.7 Å². The standard InChI is InChI=1S/C30H32ClF2N5O6/c1-15-20(32)9-17(10-21(15)33)22-13-37(36-35-22)26-27(41)25(14-39)44-29(28(26)43-2)30(42)38(23-5-3-4-6-24(23)40)19-8-16(12-34)7-18(31)11-19/h7-11,13,23-29,39-41H,3-6,14H2,1-2H3/t23-,24-,25?,26?,27?,28?,29?/m0/s1. The van der Waals surface area contributed by atoms with E-state index in [1.807, 2.05) is 6.07 Å². The molecule has 0 radical (unpaired) electrons. The normalized spacial score (nSPS) is 27.1. The highest BCUT2D eigenvalue weighted by molar-refractivity contribution is 6.31. The quantitative estimate of drug-likeness (QED) is 0.357. The smallest absolute Gasteiger partial charge is 0.259 e. The fourth-order valence-corrected chi connectivity index (χ4v) is 6.23. The summed E-state index contributed by atoms with van der Waals surface area (Å²) in [6.45, 7) is 0.634. The highest BCUT2D eigenvalue weighted by atomic mass is 35.5. The molecule has 44 heavy (non-hydrogen) atoms. The minimum Gasteiger partial charge on any atom is -0.394 e.